The first-order valence-electron chi connectivity index (χ1n) is 2.46. The van der Waals surface area contributed by atoms with Crippen molar-refractivity contribution in [1.82, 2.24) is 4.90 Å². The second-order valence-electron chi connectivity index (χ2n) is 1.82. The summed E-state index contributed by atoms with van der Waals surface area (Å²) in [5.41, 5.74) is 0. The first-order valence-corrected chi connectivity index (χ1v) is 3.72. The Balaban J connectivity index is 2.56. The van der Waals surface area contributed by atoms with Crippen LogP contribution in [0.2, 0.25) is 0 Å². The molecule has 0 aromatic heterocycles. The molecule has 46 valence electrons. The van der Waals surface area contributed by atoms with Crippen LogP contribution in [-0.2, 0) is 0 Å². The zero-order valence-corrected chi connectivity index (χ0v) is 6.46. The van der Waals surface area contributed by atoms with Gasteiger partial charge in [-0.15, -0.1) is 0 Å². The molecular weight excluding hydrogens is 142 g/mol. The molecule has 1 nitrogen and oxygen atoms in total. The van der Waals surface area contributed by atoms with Crippen molar-refractivity contribution in [3.63, 3.8) is 0 Å². The molecule has 3 heteroatoms. The van der Waals surface area contributed by atoms with Crippen LogP contribution in [0.15, 0.2) is 10.6 Å². The van der Waals surface area contributed by atoms with Gasteiger partial charge in [0.1, 0.15) is 0 Å². The van der Waals surface area contributed by atoms with Crippen molar-refractivity contribution in [3.8, 4) is 0 Å². The number of nitrogens with zero attached hydrogens (tertiary/aromatic N) is 1. The first-order chi connectivity index (χ1) is 3.70. The molecule has 1 unspecified atom stereocenters. The van der Waals surface area contributed by atoms with Crippen molar-refractivity contribution >= 4 is 23.4 Å². The Kier molecular flexibility index (Phi) is 1.73. The lowest BCUT2D eigenvalue weighted by Crippen LogP contribution is -2.14. The third-order valence-electron chi connectivity index (χ3n) is 1.16. The second-order valence-corrected chi connectivity index (χ2v) is 3.80. The van der Waals surface area contributed by atoms with Crippen LogP contribution in [0.5, 0.6) is 0 Å². The van der Waals surface area contributed by atoms with Gasteiger partial charge >= 0.3 is 0 Å². The van der Waals surface area contributed by atoms with Crippen LogP contribution in [-0.4, -0.2) is 17.3 Å². The lowest BCUT2D eigenvalue weighted by atomic mass is 10.6. The average Bonchev–Trinajstić information content (AvgIpc) is 1.85. The number of thioether (sulfide) groups is 1. The Morgan fingerprint density at radius 3 is 2.62 bits per heavy atom. The van der Waals surface area contributed by atoms with Gasteiger partial charge in [0.15, 0.2) is 0 Å². The van der Waals surface area contributed by atoms with E-state index in [2.05, 4.69) is 11.8 Å². The van der Waals surface area contributed by atoms with E-state index in [1.165, 1.54) is 0 Å². The molecule has 0 aliphatic carbocycles. The Bertz CT molecular complexity index is 124. The predicted molar refractivity (Wildman–Crippen MR) is 38.8 cm³/mol. The molecule has 1 rings (SSSR count). The molecule has 1 aliphatic rings. The van der Waals surface area contributed by atoms with Crippen LogP contribution >= 0.6 is 23.4 Å². The van der Waals surface area contributed by atoms with Gasteiger partial charge < -0.3 is 4.90 Å². The second kappa shape index (κ2) is 2.19. The molecule has 1 atom stereocenters. The summed E-state index contributed by atoms with van der Waals surface area (Å²) in [4.78, 5) is 2.09. The highest BCUT2D eigenvalue weighted by Crippen LogP contribution is 2.33. The van der Waals surface area contributed by atoms with E-state index in [0.29, 0.717) is 5.37 Å². The number of halogens is 1. The summed E-state index contributed by atoms with van der Waals surface area (Å²) in [7, 11) is 2.02. The minimum absolute atomic E-state index is 0.516. The molecule has 1 aliphatic heterocycles. The fourth-order valence-electron chi connectivity index (χ4n) is 0.542. The number of rotatable bonds is 0. The molecule has 0 saturated heterocycles. The fourth-order valence-corrected chi connectivity index (χ4v) is 1.86. The molecule has 0 amide bonds. The minimum Gasteiger partial charge on any atom is -0.367 e. The van der Waals surface area contributed by atoms with Crippen LogP contribution < -0.4 is 0 Å². The maximum atomic E-state index is 5.68. The van der Waals surface area contributed by atoms with Gasteiger partial charge in [0, 0.05) is 13.2 Å². The summed E-state index contributed by atoms with van der Waals surface area (Å²) < 4.78 is 0.889. The topological polar surface area (TPSA) is 3.24 Å². The van der Waals surface area contributed by atoms with Gasteiger partial charge in [-0.3, -0.25) is 0 Å². The summed E-state index contributed by atoms with van der Waals surface area (Å²) in [5.74, 6) is 0. The Morgan fingerprint density at radius 2 is 2.50 bits per heavy atom. The Morgan fingerprint density at radius 1 is 1.88 bits per heavy atom. The minimum atomic E-state index is 0.516. The van der Waals surface area contributed by atoms with Gasteiger partial charge in [-0.25, -0.2) is 0 Å². The van der Waals surface area contributed by atoms with Crippen molar-refractivity contribution < 1.29 is 0 Å². The molecule has 8 heavy (non-hydrogen) atoms. The van der Waals surface area contributed by atoms with Crippen molar-refractivity contribution in [1.29, 1.82) is 0 Å². The predicted octanol–water partition coefficient (Wildman–Crippen LogP) is 2.05. The van der Waals surface area contributed by atoms with E-state index >= 15 is 0 Å². The molecule has 0 saturated carbocycles. The Hall–Kier alpha value is 0.180. The molecule has 0 radical (unpaired) electrons. The SMILES string of the molecule is CC1SC(Cl)=CN1C. The highest BCUT2D eigenvalue weighted by atomic mass is 35.5. The smallest absolute Gasteiger partial charge is 0.0913 e. The van der Waals surface area contributed by atoms with E-state index in [-0.39, 0.29) is 0 Å². The van der Waals surface area contributed by atoms with Crippen LogP contribution in [0, 0.1) is 0 Å². The summed E-state index contributed by atoms with van der Waals surface area (Å²) in [6.07, 6.45) is 1.94. The van der Waals surface area contributed by atoms with Gasteiger partial charge in [0.05, 0.1) is 9.74 Å². The fraction of sp³-hybridized carbons (Fsp3) is 0.600. The average molecular weight is 150 g/mol. The molecule has 1 heterocycles. The van der Waals surface area contributed by atoms with Gasteiger partial charge in [-0.1, -0.05) is 23.4 Å². The summed E-state index contributed by atoms with van der Waals surface area (Å²) in [6.45, 7) is 2.12. The summed E-state index contributed by atoms with van der Waals surface area (Å²) >= 11 is 7.37. The van der Waals surface area contributed by atoms with E-state index in [1.54, 1.807) is 11.8 Å². The lowest BCUT2D eigenvalue weighted by molar-refractivity contribution is 0.460. The maximum Gasteiger partial charge on any atom is 0.0913 e. The molecular formula is C5H8ClNS. The van der Waals surface area contributed by atoms with Gasteiger partial charge in [-0.2, -0.15) is 0 Å². The van der Waals surface area contributed by atoms with Crippen LogP contribution in [0.4, 0.5) is 0 Å². The normalized spacial score (nSPS) is 28.6. The Labute approximate surface area is 58.7 Å². The molecule has 0 bridgehead atoms. The van der Waals surface area contributed by atoms with E-state index in [0.717, 1.165) is 4.36 Å². The van der Waals surface area contributed by atoms with Crippen molar-refractivity contribution in [2.24, 2.45) is 0 Å². The van der Waals surface area contributed by atoms with Crippen LogP contribution in [0.1, 0.15) is 6.92 Å². The summed E-state index contributed by atoms with van der Waals surface area (Å²) in [6, 6.07) is 0. The third-order valence-corrected chi connectivity index (χ3v) is 2.53. The van der Waals surface area contributed by atoms with E-state index in [9.17, 15) is 0 Å². The number of hydrogen-bond acceptors (Lipinski definition) is 2. The van der Waals surface area contributed by atoms with Crippen molar-refractivity contribution in [3.05, 3.63) is 10.6 Å². The maximum absolute atomic E-state index is 5.68. The van der Waals surface area contributed by atoms with E-state index in [1.807, 2.05) is 13.2 Å². The van der Waals surface area contributed by atoms with Gasteiger partial charge in [0.2, 0.25) is 0 Å². The zero-order chi connectivity index (χ0) is 6.15. The molecule has 0 aromatic rings. The van der Waals surface area contributed by atoms with Crippen molar-refractivity contribution in [2.45, 2.75) is 12.3 Å². The van der Waals surface area contributed by atoms with Crippen molar-refractivity contribution in [2.75, 3.05) is 7.05 Å². The highest BCUT2D eigenvalue weighted by molar-refractivity contribution is 8.05. The molecule has 0 spiro atoms. The van der Waals surface area contributed by atoms with Gasteiger partial charge in [0.25, 0.3) is 0 Å². The van der Waals surface area contributed by atoms with E-state index < -0.39 is 0 Å². The number of hydrogen-bond donors (Lipinski definition) is 0. The van der Waals surface area contributed by atoms with Crippen LogP contribution in [0.3, 0.4) is 0 Å². The zero-order valence-electron chi connectivity index (χ0n) is 4.89. The molecule has 0 N–H and O–H groups in total. The third kappa shape index (κ3) is 1.12. The van der Waals surface area contributed by atoms with Crippen LogP contribution in [0.25, 0.3) is 0 Å². The molecule has 0 aromatic carbocycles. The highest BCUT2D eigenvalue weighted by Gasteiger charge is 2.15. The standard InChI is InChI=1S/C5H8ClNS/c1-4-7(2)3-5(6)8-4/h3-4H,1-2H3. The quantitative estimate of drug-likeness (QED) is 0.519. The van der Waals surface area contributed by atoms with E-state index in [4.69, 9.17) is 11.6 Å². The molecule has 0 fully saturated rings. The lowest BCUT2D eigenvalue weighted by Gasteiger charge is -2.12. The summed E-state index contributed by atoms with van der Waals surface area (Å²) in [5, 5.41) is 0.516. The van der Waals surface area contributed by atoms with Gasteiger partial charge in [-0.05, 0) is 6.92 Å². The monoisotopic (exact) mass is 149 g/mol. The first kappa shape index (κ1) is 6.30. The largest absolute Gasteiger partial charge is 0.367 e.